The van der Waals surface area contributed by atoms with Crippen molar-refractivity contribution in [1.29, 1.82) is 0 Å². The van der Waals surface area contributed by atoms with Crippen molar-refractivity contribution >= 4 is 0 Å². The van der Waals surface area contributed by atoms with E-state index in [2.05, 4.69) is 31.1 Å². The predicted octanol–water partition coefficient (Wildman–Crippen LogP) is 2.08. The number of aromatic nitrogens is 1. The molecule has 18 heavy (non-hydrogen) atoms. The van der Waals surface area contributed by atoms with Gasteiger partial charge in [-0.05, 0) is 52.8 Å². The third kappa shape index (κ3) is 4.27. The first-order valence-corrected chi connectivity index (χ1v) is 6.23. The fraction of sp³-hybridized carbons (Fsp3) is 0.643. The van der Waals surface area contributed by atoms with Gasteiger partial charge in [0.25, 0.3) is 0 Å². The fourth-order valence-corrected chi connectivity index (χ4v) is 1.76. The first-order valence-electron chi connectivity index (χ1n) is 6.23. The van der Waals surface area contributed by atoms with Gasteiger partial charge in [0.05, 0.1) is 7.11 Å². The maximum atomic E-state index is 10.5. The fourth-order valence-electron chi connectivity index (χ4n) is 1.76. The minimum atomic E-state index is -0.995. The summed E-state index contributed by atoms with van der Waals surface area (Å²) in [6, 6.07) is 3.61. The molecule has 0 saturated carbocycles. The molecule has 0 radical (unpaired) electrons. The number of methoxy groups -OCH3 is 1. The molecular weight excluding hydrogens is 228 g/mol. The van der Waals surface area contributed by atoms with E-state index in [-0.39, 0.29) is 5.54 Å². The molecule has 1 unspecified atom stereocenters. The lowest BCUT2D eigenvalue weighted by Gasteiger charge is -2.27. The molecule has 0 amide bonds. The molecule has 0 aliphatic rings. The number of hydrogen-bond acceptors (Lipinski definition) is 4. The van der Waals surface area contributed by atoms with Gasteiger partial charge in [-0.3, -0.25) is 4.98 Å². The van der Waals surface area contributed by atoms with Gasteiger partial charge in [0.2, 0.25) is 0 Å². The second-order valence-corrected chi connectivity index (χ2v) is 5.75. The lowest BCUT2D eigenvalue weighted by molar-refractivity contribution is 0.0393. The molecule has 0 saturated heterocycles. The maximum absolute atomic E-state index is 10.5. The third-order valence-corrected chi connectivity index (χ3v) is 2.77. The average molecular weight is 252 g/mol. The first kappa shape index (κ1) is 14.9. The van der Waals surface area contributed by atoms with Crippen LogP contribution in [0.5, 0.6) is 5.75 Å². The standard InChI is InChI=1S/C14H24N2O2/c1-13(2,3)16-10-8-14(4,17)12-11(18-5)7-6-9-15-12/h6-7,9,16-17H,8,10H2,1-5H3. The lowest BCUT2D eigenvalue weighted by Crippen LogP contribution is -2.39. The molecule has 1 aromatic heterocycles. The molecule has 102 valence electrons. The largest absolute Gasteiger partial charge is 0.495 e. The Morgan fingerprint density at radius 3 is 2.56 bits per heavy atom. The van der Waals surface area contributed by atoms with E-state index in [4.69, 9.17) is 4.74 Å². The number of nitrogens with zero attached hydrogens (tertiary/aromatic N) is 1. The average Bonchev–Trinajstić information content (AvgIpc) is 2.27. The van der Waals surface area contributed by atoms with E-state index in [1.54, 1.807) is 26.3 Å². The van der Waals surface area contributed by atoms with E-state index in [1.165, 1.54) is 0 Å². The number of rotatable bonds is 5. The molecule has 4 nitrogen and oxygen atoms in total. The van der Waals surface area contributed by atoms with Crippen molar-refractivity contribution in [1.82, 2.24) is 10.3 Å². The van der Waals surface area contributed by atoms with Crippen molar-refractivity contribution in [3.05, 3.63) is 24.0 Å². The Labute approximate surface area is 109 Å². The Morgan fingerprint density at radius 2 is 2.00 bits per heavy atom. The Balaban J connectivity index is 2.73. The van der Waals surface area contributed by atoms with E-state index in [9.17, 15) is 5.11 Å². The van der Waals surface area contributed by atoms with Gasteiger partial charge in [0, 0.05) is 11.7 Å². The minimum Gasteiger partial charge on any atom is -0.495 e. The summed E-state index contributed by atoms with van der Waals surface area (Å²) in [5.74, 6) is 0.623. The van der Waals surface area contributed by atoms with Crippen molar-refractivity contribution in [2.75, 3.05) is 13.7 Å². The molecule has 4 heteroatoms. The summed E-state index contributed by atoms with van der Waals surface area (Å²) in [5.41, 5.74) is -0.363. The molecule has 1 rings (SSSR count). The van der Waals surface area contributed by atoms with Crippen LogP contribution >= 0.6 is 0 Å². The Morgan fingerprint density at radius 1 is 1.33 bits per heavy atom. The Kier molecular flexibility index (Phi) is 4.71. The Bertz CT molecular complexity index is 384. The van der Waals surface area contributed by atoms with Crippen LogP contribution in [0.1, 0.15) is 39.8 Å². The minimum absolute atomic E-state index is 0.0459. The second-order valence-electron chi connectivity index (χ2n) is 5.75. The predicted molar refractivity (Wildman–Crippen MR) is 72.7 cm³/mol. The van der Waals surface area contributed by atoms with Crippen LogP contribution in [0.2, 0.25) is 0 Å². The van der Waals surface area contributed by atoms with Crippen molar-refractivity contribution in [3.63, 3.8) is 0 Å². The van der Waals surface area contributed by atoms with Gasteiger partial charge in [0.15, 0.2) is 0 Å². The lowest BCUT2D eigenvalue weighted by atomic mass is 9.96. The number of pyridine rings is 1. The van der Waals surface area contributed by atoms with Crippen LogP contribution in [-0.4, -0.2) is 29.3 Å². The van der Waals surface area contributed by atoms with Crippen LogP contribution in [-0.2, 0) is 5.60 Å². The highest BCUT2D eigenvalue weighted by Crippen LogP contribution is 2.29. The molecule has 1 atom stereocenters. The van der Waals surface area contributed by atoms with E-state index in [0.717, 1.165) is 6.54 Å². The van der Waals surface area contributed by atoms with E-state index >= 15 is 0 Å². The van der Waals surface area contributed by atoms with Crippen molar-refractivity contribution < 1.29 is 9.84 Å². The molecule has 1 aromatic rings. The zero-order valence-electron chi connectivity index (χ0n) is 11.9. The van der Waals surface area contributed by atoms with E-state index < -0.39 is 5.60 Å². The van der Waals surface area contributed by atoms with Gasteiger partial charge in [0.1, 0.15) is 17.0 Å². The molecule has 0 aliphatic carbocycles. The zero-order valence-corrected chi connectivity index (χ0v) is 11.9. The normalized spacial score (nSPS) is 15.2. The van der Waals surface area contributed by atoms with Crippen LogP contribution in [0, 0.1) is 0 Å². The van der Waals surface area contributed by atoms with Gasteiger partial charge in [-0.25, -0.2) is 0 Å². The summed E-state index contributed by atoms with van der Waals surface area (Å²) in [6.45, 7) is 8.79. The van der Waals surface area contributed by atoms with Crippen LogP contribution in [0.25, 0.3) is 0 Å². The highest BCUT2D eigenvalue weighted by Gasteiger charge is 2.28. The van der Waals surface area contributed by atoms with Gasteiger partial charge in [-0.15, -0.1) is 0 Å². The summed E-state index contributed by atoms with van der Waals surface area (Å²) in [5, 5.41) is 13.9. The highest BCUT2D eigenvalue weighted by atomic mass is 16.5. The summed E-state index contributed by atoms with van der Waals surface area (Å²) in [6.07, 6.45) is 2.25. The molecule has 2 N–H and O–H groups in total. The summed E-state index contributed by atoms with van der Waals surface area (Å²) in [4.78, 5) is 4.23. The second kappa shape index (κ2) is 5.67. The van der Waals surface area contributed by atoms with Crippen molar-refractivity contribution in [3.8, 4) is 5.75 Å². The molecule has 1 heterocycles. The molecule has 0 spiro atoms. The maximum Gasteiger partial charge on any atom is 0.143 e. The topological polar surface area (TPSA) is 54.4 Å². The van der Waals surface area contributed by atoms with Gasteiger partial charge >= 0.3 is 0 Å². The van der Waals surface area contributed by atoms with Gasteiger partial charge in [-0.1, -0.05) is 0 Å². The number of aliphatic hydroxyl groups is 1. The molecule has 0 fully saturated rings. The van der Waals surface area contributed by atoms with E-state index in [0.29, 0.717) is 17.9 Å². The molecule has 0 bridgehead atoms. The third-order valence-electron chi connectivity index (χ3n) is 2.77. The van der Waals surface area contributed by atoms with Crippen LogP contribution in [0.3, 0.4) is 0 Å². The van der Waals surface area contributed by atoms with Gasteiger partial charge < -0.3 is 15.2 Å². The quantitative estimate of drug-likeness (QED) is 0.842. The highest BCUT2D eigenvalue weighted by molar-refractivity contribution is 5.31. The van der Waals surface area contributed by atoms with E-state index in [1.807, 2.05) is 6.07 Å². The van der Waals surface area contributed by atoms with Crippen molar-refractivity contribution in [2.24, 2.45) is 0 Å². The van der Waals surface area contributed by atoms with Crippen molar-refractivity contribution in [2.45, 2.75) is 45.3 Å². The monoisotopic (exact) mass is 252 g/mol. The summed E-state index contributed by atoms with van der Waals surface area (Å²) < 4.78 is 5.24. The molecule has 0 aromatic carbocycles. The summed E-state index contributed by atoms with van der Waals surface area (Å²) >= 11 is 0. The summed E-state index contributed by atoms with van der Waals surface area (Å²) in [7, 11) is 1.59. The number of ether oxygens (including phenoxy) is 1. The molecular formula is C14H24N2O2. The van der Waals surface area contributed by atoms with Crippen LogP contribution < -0.4 is 10.1 Å². The number of nitrogens with one attached hydrogen (secondary N) is 1. The van der Waals surface area contributed by atoms with Crippen LogP contribution in [0.4, 0.5) is 0 Å². The number of hydrogen-bond donors (Lipinski definition) is 2. The first-order chi connectivity index (χ1) is 8.26. The molecule has 0 aliphatic heterocycles. The SMILES string of the molecule is COc1cccnc1C(C)(O)CCNC(C)(C)C. The Hall–Kier alpha value is -1.13. The van der Waals surface area contributed by atoms with Gasteiger partial charge in [-0.2, -0.15) is 0 Å². The van der Waals surface area contributed by atoms with Crippen LogP contribution in [0.15, 0.2) is 18.3 Å². The smallest absolute Gasteiger partial charge is 0.143 e. The zero-order chi connectivity index (χ0) is 13.8.